The van der Waals surface area contributed by atoms with Gasteiger partial charge in [-0.25, -0.2) is 0 Å². The van der Waals surface area contributed by atoms with Crippen LogP contribution in [0.1, 0.15) is 0 Å². The van der Waals surface area contributed by atoms with Gasteiger partial charge in [0.2, 0.25) is 0 Å². The molecule has 0 aliphatic heterocycles. The minimum absolute atomic E-state index is 1.09. The maximum absolute atomic E-state index is 2.45. The number of rotatable bonds is 7. The highest BCUT2D eigenvalue weighted by Gasteiger charge is 2.20. The molecule has 1 aromatic heterocycles. The largest absolute Gasteiger partial charge is 0.310 e. The first kappa shape index (κ1) is 33.6. The molecule has 0 unspecified atom stereocenters. The molecule has 1 heterocycles. The van der Waals surface area contributed by atoms with E-state index in [1.807, 2.05) is 0 Å². The predicted molar refractivity (Wildman–Crippen MR) is 247 cm³/mol. The van der Waals surface area contributed by atoms with E-state index < -0.39 is 0 Å². The summed E-state index contributed by atoms with van der Waals surface area (Å²) in [6, 6.07) is 83.7. The average molecular weight is 739 g/mol. The first-order valence-corrected chi connectivity index (χ1v) is 19.9. The molecule has 0 amide bonds. The molecule has 0 aliphatic rings. The van der Waals surface area contributed by atoms with E-state index in [4.69, 9.17) is 0 Å². The van der Waals surface area contributed by atoms with E-state index >= 15 is 0 Å². The highest BCUT2D eigenvalue weighted by molar-refractivity contribution is 6.14. The molecular formula is C56H38N2. The van der Waals surface area contributed by atoms with Gasteiger partial charge in [-0.1, -0.05) is 176 Å². The molecule has 0 N–H and O–H groups in total. The smallest absolute Gasteiger partial charge is 0.0561 e. The molecule has 10 aromatic carbocycles. The molecular weight excluding hydrogens is 701 g/mol. The van der Waals surface area contributed by atoms with Gasteiger partial charge < -0.3 is 9.47 Å². The van der Waals surface area contributed by atoms with Crippen molar-refractivity contribution in [2.75, 3.05) is 4.90 Å². The summed E-state index contributed by atoms with van der Waals surface area (Å²) in [6.45, 7) is 0. The second kappa shape index (κ2) is 14.1. The molecule has 0 saturated heterocycles. The lowest BCUT2D eigenvalue weighted by atomic mass is 9.93. The Balaban J connectivity index is 1.12. The van der Waals surface area contributed by atoms with E-state index in [9.17, 15) is 0 Å². The topological polar surface area (TPSA) is 8.17 Å². The molecule has 0 spiro atoms. The van der Waals surface area contributed by atoms with Crippen molar-refractivity contribution < 1.29 is 0 Å². The van der Waals surface area contributed by atoms with Crippen LogP contribution in [0.5, 0.6) is 0 Å². The third kappa shape index (κ3) is 5.74. The Bertz CT molecular complexity index is 3270. The molecule has 2 nitrogen and oxygen atoms in total. The van der Waals surface area contributed by atoms with Gasteiger partial charge in [0.15, 0.2) is 0 Å². The van der Waals surface area contributed by atoms with Crippen LogP contribution in [-0.2, 0) is 0 Å². The van der Waals surface area contributed by atoms with Crippen LogP contribution < -0.4 is 4.90 Å². The Labute approximate surface area is 338 Å². The summed E-state index contributed by atoms with van der Waals surface area (Å²) in [5.74, 6) is 0. The first-order chi connectivity index (χ1) is 28.8. The summed E-state index contributed by atoms with van der Waals surface area (Å²) >= 11 is 0. The van der Waals surface area contributed by atoms with Gasteiger partial charge in [-0.3, -0.25) is 0 Å². The van der Waals surface area contributed by atoms with Gasteiger partial charge in [-0.2, -0.15) is 0 Å². The molecule has 0 radical (unpaired) electrons. The summed E-state index contributed by atoms with van der Waals surface area (Å²) in [7, 11) is 0. The van der Waals surface area contributed by atoms with Crippen molar-refractivity contribution in [1.82, 2.24) is 4.57 Å². The van der Waals surface area contributed by atoms with Gasteiger partial charge in [0.05, 0.1) is 16.7 Å². The van der Waals surface area contributed by atoms with Crippen molar-refractivity contribution in [2.24, 2.45) is 0 Å². The number of nitrogens with zero attached hydrogens (tertiary/aromatic N) is 2. The zero-order valence-corrected chi connectivity index (χ0v) is 31.8. The fourth-order valence-electron chi connectivity index (χ4n) is 8.87. The average Bonchev–Trinajstić information content (AvgIpc) is 3.63. The SMILES string of the molecule is c1ccc(-c2ccc(N(c3ccc4c5ccccc5n(-c5cccc(-c6cc7ccccc7c7ccccc67)c5)c4c3)c3ccccc3-c3ccccc3)cc2)cc1. The highest BCUT2D eigenvalue weighted by Crippen LogP contribution is 2.44. The number of hydrogen-bond acceptors (Lipinski definition) is 1. The van der Waals surface area contributed by atoms with E-state index in [1.54, 1.807) is 0 Å². The zero-order chi connectivity index (χ0) is 38.4. The van der Waals surface area contributed by atoms with Crippen LogP contribution in [0.3, 0.4) is 0 Å². The molecule has 0 fully saturated rings. The second-order valence-electron chi connectivity index (χ2n) is 14.9. The van der Waals surface area contributed by atoms with Crippen molar-refractivity contribution in [3.8, 4) is 39.1 Å². The minimum atomic E-state index is 1.09. The van der Waals surface area contributed by atoms with Gasteiger partial charge >= 0.3 is 0 Å². The van der Waals surface area contributed by atoms with Crippen LogP contribution in [0.4, 0.5) is 17.1 Å². The number of anilines is 3. The summed E-state index contributed by atoms with van der Waals surface area (Å²) in [5, 5.41) is 7.51. The molecule has 0 aliphatic carbocycles. The summed E-state index contributed by atoms with van der Waals surface area (Å²) in [5.41, 5.74) is 13.9. The number of para-hydroxylation sites is 2. The van der Waals surface area contributed by atoms with Gasteiger partial charge in [-0.05, 0) is 104 Å². The van der Waals surface area contributed by atoms with Crippen LogP contribution >= 0.6 is 0 Å². The van der Waals surface area contributed by atoms with Crippen molar-refractivity contribution in [3.63, 3.8) is 0 Å². The maximum Gasteiger partial charge on any atom is 0.0561 e. The van der Waals surface area contributed by atoms with Crippen molar-refractivity contribution in [1.29, 1.82) is 0 Å². The van der Waals surface area contributed by atoms with Crippen LogP contribution in [0.2, 0.25) is 0 Å². The maximum atomic E-state index is 2.45. The highest BCUT2D eigenvalue weighted by atomic mass is 15.1. The van der Waals surface area contributed by atoms with E-state index in [2.05, 4.69) is 240 Å². The molecule has 0 bridgehead atoms. The Morgan fingerprint density at radius 2 is 0.879 bits per heavy atom. The van der Waals surface area contributed by atoms with Crippen molar-refractivity contribution >= 4 is 60.4 Å². The Kier molecular flexibility index (Phi) is 8.19. The van der Waals surface area contributed by atoms with Crippen LogP contribution in [0.15, 0.2) is 231 Å². The van der Waals surface area contributed by atoms with E-state index in [0.29, 0.717) is 0 Å². The summed E-state index contributed by atoms with van der Waals surface area (Å²) < 4.78 is 2.45. The van der Waals surface area contributed by atoms with Crippen molar-refractivity contribution in [2.45, 2.75) is 0 Å². The fourth-order valence-corrected chi connectivity index (χ4v) is 8.87. The predicted octanol–water partition coefficient (Wildman–Crippen LogP) is 15.6. The molecule has 0 atom stereocenters. The van der Waals surface area contributed by atoms with Gasteiger partial charge in [0, 0.05) is 33.4 Å². The minimum Gasteiger partial charge on any atom is -0.310 e. The number of aromatic nitrogens is 1. The number of benzene rings is 10. The standard InChI is InChI=1S/C56H38N2/c1-3-16-39(17-4-1)40-30-32-44(33-31-40)57(54-28-13-11-24-48(54)41-18-5-2-6-19-41)46-34-35-52-51-27-12-14-29-55(51)58(56(52)38-46)45-22-15-21-42(36-45)53-37-43-20-7-8-23-47(43)49-25-9-10-26-50(49)53/h1-38H. The van der Waals surface area contributed by atoms with Crippen molar-refractivity contribution in [3.05, 3.63) is 231 Å². The van der Waals surface area contributed by atoms with Gasteiger partial charge in [0.1, 0.15) is 0 Å². The van der Waals surface area contributed by atoms with E-state index in [1.165, 1.54) is 71.2 Å². The van der Waals surface area contributed by atoms with Crippen LogP contribution in [0, 0.1) is 0 Å². The third-order valence-electron chi connectivity index (χ3n) is 11.6. The Morgan fingerprint density at radius 3 is 1.69 bits per heavy atom. The first-order valence-electron chi connectivity index (χ1n) is 19.9. The lowest BCUT2D eigenvalue weighted by molar-refractivity contribution is 1.18. The fraction of sp³-hybridized carbons (Fsp3) is 0. The molecule has 272 valence electrons. The van der Waals surface area contributed by atoms with Crippen LogP contribution in [0.25, 0.3) is 82.4 Å². The molecule has 0 saturated carbocycles. The summed E-state index contributed by atoms with van der Waals surface area (Å²) in [6.07, 6.45) is 0. The second-order valence-corrected chi connectivity index (χ2v) is 14.9. The van der Waals surface area contributed by atoms with Gasteiger partial charge in [-0.15, -0.1) is 0 Å². The normalized spacial score (nSPS) is 11.4. The molecule has 11 aromatic rings. The monoisotopic (exact) mass is 738 g/mol. The van der Waals surface area contributed by atoms with Gasteiger partial charge in [0.25, 0.3) is 0 Å². The Hall–Kier alpha value is -7.68. The quantitative estimate of drug-likeness (QED) is 0.148. The molecule has 2 heteroatoms. The lowest BCUT2D eigenvalue weighted by Crippen LogP contribution is -2.11. The van der Waals surface area contributed by atoms with Crippen LogP contribution in [-0.4, -0.2) is 4.57 Å². The molecule has 11 rings (SSSR count). The third-order valence-corrected chi connectivity index (χ3v) is 11.6. The number of fused-ring (bicyclic) bond motifs is 6. The number of hydrogen-bond donors (Lipinski definition) is 0. The summed E-state index contributed by atoms with van der Waals surface area (Å²) in [4.78, 5) is 2.41. The van der Waals surface area contributed by atoms with E-state index in [-0.39, 0.29) is 0 Å². The Morgan fingerprint density at radius 1 is 0.293 bits per heavy atom. The lowest BCUT2D eigenvalue weighted by Gasteiger charge is -2.28. The van der Waals surface area contributed by atoms with E-state index in [0.717, 1.165) is 28.3 Å². The zero-order valence-electron chi connectivity index (χ0n) is 31.8. The molecule has 58 heavy (non-hydrogen) atoms.